The maximum atomic E-state index is 3.42. The number of hydrogen-bond donors (Lipinski definition) is 1. The third-order valence-corrected chi connectivity index (χ3v) is 3.07. The van der Waals surface area contributed by atoms with Gasteiger partial charge in [0, 0.05) is 12.4 Å². The largest absolute Gasteiger partial charge is 0.319 e. The first-order valence-electron chi connectivity index (χ1n) is 6.63. The number of nitrogens with one attached hydrogen (secondary N) is 1. The SMILES string of the molecule is CC(C)Cc1ccc(C(C)Nn2cccc2)cc1. The van der Waals surface area contributed by atoms with Crippen LogP contribution >= 0.6 is 0 Å². The molecule has 1 N–H and O–H groups in total. The van der Waals surface area contributed by atoms with E-state index in [-0.39, 0.29) is 0 Å². The number of aromatic nitrogens is 1. The second-order valence-corrected chi connectivity index (χ2v) is 5.28. The van der Waals surface area contributed by atoms with Crippen molar-refractivity contribution in [2.24, 2.45) is 5.92 Å². The van der Waals surface area contributed by atoms with E-state index in [0.717, 1.165) is 6.42 Å². The molecule has 0 saturated heterocycles. The molecule has 2 rings (SSSR count). The second kappa shape index (κ2) is 5.76. The molecule has 1 aromatic heterocycles. The molecule has 2 heteroatoms. The second-order valence-electron chi connectivity index (χ2n) is 5.28. The molecule has 0 amide bonds. The normalized spacial score (nSPS) is 12.7. The lowest BCUT2D eigenvalue weighted by Crippen LogP contribution is -2.16. The van der Waals surface area contributed by atoms with Crippen LogP contribution in [0.4, 0.5) is 0 Å². The van der Waals surface area contributed by atoms with Gasteiger partial charge in [-0.25, -0.2) is 0 Å². The highest BCUT2D eigenvalue weighted by molar-refractivity contribution is 5.26. The molecule has 96 valence electrons. The van der Waals surface area contributed by atoms with Crippen LogP contribution < -0.4 is 5.43 Å². The van der Waals surface area contributed by atoms with Crippen LogP contribution in [-0.2, 0) is 6.42 Å². The van der Waals surface area contributed by atoms with Crippen LogP contribution in [0.2, 0.25) is 0 Å². The van der Waals surface area contributed by atoms with Gasteiger partial charge < -0.3 is 5.43 Å². The van der Waals surface area contributed by atoms with Crippen molar-refractivity contribution < 1.29 is 0 Å². The number of benzene rings is 1. The van der Waals surface area contributed by atoms with Gasteiger partial charge in [0.05, 0.1) is 6.04 Å². The van der Waals surface area contributed by atoms with Crippen LogP contribution in [-0.4, -0.2) is 4.68 Å². The molecule has 0 radical (unpaired) electrons. The van der Waals surface area contributed by atoms with Crippen LogP contribution in [0.5, 0.6) is 0 Å². The molecule has 0 saturated carbocycles. The summed E-state index contributed by atoms with van der Waals surface area (Å²) >= 11 is 0. The molecule has 1 unspecified atom stereocenters. The summed E-state index contributed by atoms with van der Waals surface area (Å²) in [6.07, 6.45) is 5.19. The van der Waals surface area contributed by atoms with Crippen LogP contribution in [0, 0.1) is 5.92 Å². The van der Waals surface area contributed by atoms with Crippen LogP contribution in [0.3, 0.4) is 0 Å². The first-order valence-corrected chi connectivity index (χ1v) is 6.63. The fourth-order valence-corrected chi connectivity index (χ4v) is 2.13. The van der Waals surface area contributed by atoms with E-state index in [2.05, 4.69) is 50.5 Å². The summed E-state index contributed by atoms with van der Waals surface area (Å²) in [5, 5.41) is 0. The van der Waals surface area contributed by atoms with Gasteiger partial charge >= 0.3 is 0 Å². The number of hydrogen-bond acceptors (Lipinski definition) is 1. The van der Waals surface area contributed by atoms with E-state index in [1.165, 1.54) is 11.1 Å². The van der Waals surface area contributed by atoms with Crippen molar-refractivity contribution in [1.29, 1.82) is 0 Å². The molecule has 1 heterocycles. The molecule has 0 aliphatic rings. The Kier molecular flexibility index (Phi) is 4.08. The van der Waals surface area contributed by atoms with Gasteiger partial charge in [0.2, 0.25) is 0 Å². The van der Waals surface area contributed by atoms with Gasteiger partial charge in [0.15, 0.2) is 0 Å². The van der Waals surface area contributed by atoms with Crippen molar-refractivity contribution in [1.82, 2.24) is 4.68 Å². The molecule has 0 aliphatic carbocycles. The first kappa shape index (κ1) is 12.7. The summed E-state index contributed by atoms with van der Waals surface area (Å²) in [4.78, 5) is 0. The van der Waals surface area contributed by atoms with E-state index in [1.54, 1.807) is 0 Å². The molecule has 0 bridgehead atoms. The Bertz CT molecular complexity index is 454. The standard InChI is InChI=1S/C16H22N2/c1-13(2)12-15-6-8-16(9-7-15)14(3)17-18-10-4-5-11-18/h4-11,13-14,17H,12H2,1-3H3. The predicted octanol–water partition coefficient (Wildman–Crippen LogP) is 3.99. The van der Waals surface area contributed by atoms with Crippen molar-refractivity contribution in [3.63, 3.8) is 0 Å². The van der Waals surface area contributed by atoms with Crippen molar-refractivity contribution in [3.8, 4) is 0 Å². The molecule has 1 aromatic carbocycles. The average molecular weight is 242 g/mol. The van der Waals surface area contributed by atoms with Crippen molar-refractivity contribution in [2.45, 2.75) is 33.2 Å². The minimum Gasteiger partial charge on any atom is -0.319 e. The number of nitrogens with zero attached hydrogens (tertiary/aromatic N) is 1. The lowest BCUT2D eigenvalue weighted by atomic mass is 10.00. The molecule has 0 fully saturated rings. The smallest absolute Gasteiger partial charge is 0.0645 e. The average Bonchev–Trinajstić information content (AvgIpc) is 2.82. The Hall–Kier alpha value is -1.70. The lowest BCUT2D eigenvalue weighted by Gasteiger charge is -2.17. The fourth-order valence-electron chi connectivity index (χ4n) is 2.13. The molecule has 0 spiro atoms. The predicted molar refractivity (Wildman–Crippen MR) is 77.2 cm³/mol. The van der Waals surface area contributed by atoms with Crippen molar-refractivity contribution in [2.75, 3.05) is 5.43 Å². The zero-order chi connectivity index (χ0) is 13.0. The Balaban J connectivity index is 2.00. The maximum Gasteiger partial charge on any atom is 0.0645 e. The highest BCUT2D eigenvalue weighted by Crippen LogP contribution is 2.16. The van der Waals surface area contributed by atoms with Crippen LogP contribution in [0.15, 0.2) is 48.8 Å². The lowest BCUT2D eigenvalue weighted by molar-refractivity contribution is 0.646. The Morgan fingerprint density at radius 2 is 1.61 bits per heavy atom. The van der Waals surface area contributed by atoms with Gasteiger partial charge in [0.1, 0.15) is 0 Å². The summed E-state index contributed by atoms with van der Waals surface area (Å²) in [5.41, 5.74) is 6.15. The summed E-state index contributed by atoms with van der Waals surface area (Å²) < 4.78 is 1.99. The van der Waals surface area contributed by atoms with Gasteiger partial charge in [-0.3, -0.25) is 4.68 Å². The van der Waals surface area contributed by atoms with E-state index in [0.29, 0.717) is 12.0 Å². The third-order valence-electron chi connectivity index (χ3n) is 3.07. The van der Waals surface area contributed by atoms with Crippen molar-refractivity contribution in [3.05, 3.63) is 59.9 Å². The van der Waals surface area contributed by atoms with E-state index >= 15 is 0 Å². The molecule has 0 aliphatic heterocycles. The fraction of sp³-hybridized carbons (Fsp3) is 0.375. The zero-order valence-electron chi connectivity index (χ0n) is 11.4. The van der Waals surface area contributed by atoms with Crippen LogP contribution in [0.1, 0.15) is 37.9 Å². The molecule has 2 aromatic rings. The van der Waals surface area contributed by atoms with Gasteiger partial charge in [0.25, 0.3) is 0 Å². The molecule has 2 nitrogen and oxygen atoms in total. The van der Waals surface area contributed by atoms with Gasteiger partial charge in [-0.2, -0.15) is 0 Å². The Morgan fingerprint density at radius 3 is 2.17 bits per heavy atom. The number of rotatable bonds is 5. The van der Waals surface area contributed by atoms with E-state index in [1.807, 2.05) is 29.2 Å². The Labute approximate surface area is 110 Å². The van der Waals surface area contributed by atoms with E-state index in [4.69, 9.17) is 0 Å². The van der Waals surface area contributed by atoms with Gasteiger partial charge in [-0.05, 0) is 42.5 Å². The Morgan fingerprint density at radius 1 is 1.00 bits per heavy atom. The monoisotopic (exact) mass is 242 g/mol. The molecular weight excluding hydrogens is 220 g/mol. The summed E-state index contributed by atoms with van der Waals surface area (Å²) in [7, 11) is 0. The minimum atomic E-state index is 0.311. The highest BCUT2D eigenvalue weighted by Gasteiger charge is 2.05. The van der Waals surface area contributed by atoms with Gasteiger partial charge in [-0.15, -0.1) is 0 Å². The summed E-state index contributed by atoms with van der Waals surface area (Å²) in [5.74, 6) is 0.714. The molecular formula is C16H22N2. The molecule has 1 atom stereocenters. The summed E-state index contributed by atoms with van der Waals surface area (Å²) in [6, 6.07) is 13.3. The third kappa shape index (κ3) is 3.39. The quantitative estimate of drug-likeness (QED) is 0.839. The molecule has 18 heavy (non-hydrogen) atoms. The topological polar surface area (TPSA) is 17.0 Å². The van der Waals surface area contributed by atoms with Crippen molar-refractivity contribution >= 4 is 0 Å². The van der Waals surface area contributed by atoms with Gasteiger partial charge in [-0.1, -0.05) is 38.1 Å². The van der Waals surface area contributed by atoms with E-state index in [9.17, 15) is 0 Å². The minimum absolute atomic E-state index is 0.311. The maximum absolute atomic E-state index is 3.42. The van der Waals surface area contributed by atoms with Crippen LogP contribution in [0.25, 0.3) is 0 Å². The van der Waals surface area contributed by atoms with E-state index < -0.39 is 0 Å². The highest BCUT2D eigenvalue weighted by atomic mass is 15.4. The summed E-state index contributed by atoms with van der Waals surface area (Å²) in [6.45, 7) is 6.69. The zero-order valence-corrected chi connectivity index (χ0v) is 11.4. The first-order chi connectivity index (χ1) is 8.65.